The molecule has 21 heavy (non-hydrogen) atoms. The normalized spacial score (nSPS) is 13.5. The number of thiophene rings is 1. The summed E-state index contributed by atoms with van der Waals surface area (Å²) in [7, 11) is -3.62. The number of hydrogen-bond donors (Lipinski definition) is 2. The number of hydrogen-bond acceptors (Lipinski definition) is 4. The molecule has 0 saturated heterocycles. The highest BCUT2D eigenvalue weighted by molar-refractivity contribution is 7.89. The molecule has 1 aromatic heterocycles. The molecule has 6 heteroatoms. The van der Waals surface area contributed by atoms with Gasteiger partial charge in [0.05, 0.1) is 17.5 Å². The SMILES string of the molecule is CC(C)C(NS(=O)(=O)c1cccc(CO)c1)c1cccs1. The summed E-state index contributed by atoms with van der Waals surface area (Å²) in [5, 5.41) is 11.1. The first kappa shape index (κ1) is 16.2. The molecule has 0 radical (unpaired) electrons. The Morgan fingerprint density at radius 2 is 2.00 bits per heavy atom. The van der Waals surface area contributed by atoms with Crippen molar-refractivity contribution in [3.63, 3.8) is 0 Å². The quantitative estimate of drug-likeness (QED) is 0.858. The molecule has 1 heterocycles. The largest absolute Gasteiger partial charge is 0.392 e. The molecular weight excluding hydrogens is 306 g/mol. The van der Waals surface area contributed by atoms with Crippen molar-refractivity contribution in [2.24, 2.45) is 5.92 Å². The predicted octanol–water partition coefficient (Wildman–Crippen LogP) is 2.92. The Labute approximate surface area is 129 Å². The second-order valence-corrected chi connectivity index (χ2v) is 7.86. The Kier molecular flexibility index (Phi) is 5.16. The van der Waals surface area contributed by atoms with Crippen LogP contribution in [0.25, 0.3) is 0 Å². The molecule has 0 amide bonds. The molecule has 2 aromatic rings. The Hall–Kier alpha value is -1.21. The van der Waals surface area contributed by atoms with E-state index in [-0.39, 0.29) is 23.5 Å². The fraction of sp³-hybridized carbons (Fsp3) is 0.333. The van der Waals surface area contributed by atoms with E-state index in [1.807, 2.05) is 31.4 Å². The van der Waals surface area contributed by atoms with E-state index in [1.54, 1.807) is 12.1 Å². The highest BCUT2D eigenvalue weighted by Gasteiger charge is 2.24. The highest BCUT2D eigenvalue weighted by atomic mass is 32.2. The monoisotopic (exact) mass is 325 g/mol. The van der Waals surface area contributed by atoms with Gasteiger partial charge in [-0.15, -0.1) is 11.3 Å². The van der Waals surface area contributed by atoms with E-state index in [9.17, 15) is 8.42 Å². The van der Waals surface area contributed by atoms with E-state index < -0.39 is 10.0 Å². The molecule has 0 bridgehead atoms. The van der Waals surface area contributed by atoms with Gasteiger partial charge in [-0.25, -0.2) is 13.1 Å². The van der Waals surface area contributed by atoms with Gasteiger partial charge in [0.2, 0.25) is 10.0 Å². The Morgan fingerprint density at radius 1 is 1.24 bits per heavy atom. The Morgan fingerprint density at radius 3 is 2.57 bits per heavy atom. The second kappa shape index (κ2) is 6.70. The summed E-state index contributed by atoms with van der Waals surface area (Å²) in [6.07, 6.45) is 0. The van der Waals surface area contributed by atoms with Crippen molar-refractivity contribution in [2.75, 3.05) is 0 Å². The van der Waals surface area contributed by atoms with Crippen LogP contribution in [0.4, 0.5) is 0 Å². The van der Waals surface area contributed by atoms with Gasteiger partial charge in [0.1, 0.15) is 0 Å². The lowest BCUT2D eigenvalue weighted by molar-refractivity contribution is 0.281. The Balaban J connectivity index is 2.30. The van der Waals surface area contributed by atoms with Gasteiger partial charge in [-0.1, -0.05) is 32.0 Å². The molecule has 0 spiro atoms. The van der Waals surface area contributed by atoms with E-state index in [0.29, 0.717) is 5.56 Å². The van der Waals surface area contributed by atoms with Gasteiger partial charge in [0, 0.05) is 4.88 Å². The van der Waals surface area contributed by atoms with Crippen molar-refractivity contribution in [3.8, 4) is 0 Å². The predicted molar refractivity (Wildman–Crippen MR) is 84.6 cm³/mol. The van der Waals surface area contributed by atoms with Crippen LogP contribution in [0, 0.1) is 5.92 Å². The van der Waals surface area contributed by atoms with E-state index >= 15 is 0 Å². The van der Waals surface area contributed by atoms with Gasteiger partial charge in [0.15, 0.2) is 0 Å². The summed E-state index contributed by atoms with van der Waals surface area (Å²) in [6, 6.07) is 9.95. The van der Waals surface area contributed by atoms with Gasteiger partial charge < -0.3 is 5.11 Å². The van der Waals surface area contributed by atoms with Crippen LogP contribution in [0.2, 0.25) is 0 Å². The van der Waals surface area contributed by atoms with E-state index in [1.165, 1.54) is 23.5 Å². The van der Waals surface area contributed by atoms with Gasteiger partial charge >= 0.3 is 0 Å². The maximum absolute atomic E-state index is 12.5. The van der Waals surface area contributed by atoms with Crippen LogP contribution >= 0.6 is 11.3 Å². The maximum Gasteiger partial charge on any atom is 0.241 e. The van der Waals surface area contributed by atoms with Gasteiger partial charge in [-0.05, 0) is 35.1 Å². The third kappa shape index (κ3) is 3.91. The summed E-state index contributed by atoms with van der Waals surface area (Å²) in [4.78, 5) is 1.17. The fourth-order valence-electron chi connectivity index (χ4n) is 2.04. The minimum absolute atomic E-state index is 0.138. The number of benzene rings is 1. The summed E-state index contributed by atoms with van der Waals surface area (Å²) in [5.74, 6) is 0.138. The fourth-order valence-corrected chi connectivity index (χ4v) is 4.49. The zero-order valence-electron chi connectivity index (χ0n) is 12.0. The maximum atomic E-state index is 12.5. The standard InChI is InChI=1S/C15H19NO3S2/c1-11(2)15(14-7-4-8-20-14)16-21(18,19)13-6-3-5-12(9-13)10-17/h3-9,11,15-17H,10H2,1-2H3. The van der Waals surface area contributed by atoms with Crippen molar-refractivity contribution < 1.29 is 13.5 Å². The van der Waals surface area contributed by atoms with Crippen molar-refractivity contribution in [1.82, 2.24) is 4.72 Å². The second-order valence-electron chi connectivity index (χ2n) is 5.16. The Bertz CT molecular complexity index is 679. The van der Waals surface area contributed by atoms with E-state index in [4.69, 9.17) is 5.11 Å². The van der Waals surface area contributed by atoms with Gasteiger partial charge in [0.25, 0.3) is 0 Å². The minimum atomic E-state index is -3.62. The van der Waals surface area contributed by atoms with Crippen molar-refractivity contribution in [3.05, 3.63) is 52.2 Å². The first-order valence-corrected chi connectivity index (χ1v) is 9.06. The molecule has 0 saturated carbocycles. The van der Waals surface area contributed by atoms with Crippen LogP contribution in [0.1, 0.15) is 30.3 Å². The van der Waals surface area contributed by atoms with Gasteiger partial charge in [-0.2, -0.15) is 0 Å². The van der Waals surface area contributed by atoms with Crippen LogP contribution in [0.5, 0.6) is 0 Å². The number of sulfonamides is 1. The number of aliphatic hydroxyl groups is 1. The van der Waals surface area contributed by atoms with Crippen LogP contribution in [0.3, 0.4) is 0 Å². The number of aliphatic hydroxyl groups excluding tert-OH is 1. The molecule has 0 aliphatic carbocycles. The zero-order chi connectivity index (χ0) is 15.5. The smallest absolute Gasteiger partial charge is 0.241 e. The molecule has 1 atom stereocenters. The zero-order valence-corrected chi connectivity index (χ0v) is 13.6. The van der Waals surface area contributed by atoms with E-state index in [2.05, 4.69) is 4.72 Å². The summed E-state index contributed by atoms with van der Waals surface area (Å²) in [5.41, 5.74) is 0.579. The molecule has 1 unspecified atom stereocenters. The molecule has 0 aliphatic rings. The lowest BCUT2D eigenvalue weighted by Gasteiger charge is -2.21. The first-order chi connectivity index (χ1) is 9.94. The van der Waals surface area contributed by atoms with Crippen molar-refractivity contribution in [2.45, 2.75) is 31.4 Å². The molecule has 0 aliphatic heterocycles. The van der Waals surface area contributed by atoms with Crippen LogP contribution in [-0.2, 0) is 16.6 Å². The lowest BCUT2D eigenvalue weighted by Crippen LogP contribution is -2.31. The van der Waals surface area contributed by atoms with Crippen LogP contribution in [0.15, 0.2) is 46.7 Å². The van der Waals surface area contributed by atoms with Crippen molar-refractivity contribution >= 4 is 21.4 Å². The molecule has 0 fully saturated rings. The molecule has 114 valence electrons. The number of nitrogens with one attached hydrogen (secondary N) is 1. The summed E-state index contributed by atoms with van der Waals surface area (Å²) < 4.78 is 27.8. The minimum Gasteiger partial charge on any atom is -0.392 e. The topological polar surface area (TPSA) is 66.4 Å². The average Bonchev–Trinajstić information content (AvgIpc) is 2.98. The first-order valence-electron chi connectivity index (χ1n) is 6.69. The van der Waals surface area contributed by atoms with Crippen LogP contribution < -0.4 is 4.72 Å². The molecule has 2 rings (SSSR count). The summed E-state index contributed by atoms with van der Waals surface area (Å²) in [6.45, 7) is 3.79. The van der Waals surface area contributed by atoms with Crippen molar-refractivity contribution in [1.29, 1.82) is 0 Å². The van der Waals surface area contributed by atoms with Gasteiger partial charge in [-0.3, -0.25) is 0 Å². The summed E-state index contributed by atoms with van der Waals surface area (Å²) >= 11 is 1.54. The average molecular weight is 325 g/mol. The number of rotatable bonds is 6. The molecule has 4 nitrogen and oxygen atoms in total. The molecule has 1 aromatic carbocycles. The third-order valence-corrected chi connectivity index (χ3v) is 5.58. The third-order valence-electron chi connectivity index (χ3n) is 3.19. The van der Waals surface area contributed by atoms with E-state index in [0.717, 1.165) is 4.88 Å². The highest BCUT2D eigenvalue weighted by Crippen LogP contribution is 2.27. The lowest BCUT2D eigenvalue weighted by atomic mass is 10.0. The van der Waals surface area contributed by atoms with Crippen LogP contribution in [-0.4, -0.2) is 13.5 Å². The molecule has 2 N–H and O–H groups in total. The molecular formula is C15H19NO3S2.